The molecular weight excluding hydrogens is 304 g/mol. The maximum atomic E-state index is 11.6. The van der Waals surface area contributed by atoms with Gasteiger partial charge in [-0.05, 0) is 36.1 Å². The SMILES string of the molecule is CCC(C)CCCCCC(=O)OC/C=C/c1ccc(O)c(OC)c1. The van der Waals surface area contributed by atoms with Gasteiger partial charge in [-0.1, -0.05) is 51.7 Å². The molecule has 134 valence electrons. The molecule has 1 unspecified atom stereocenters. The van der Waals surface area contributed by atoms with Crippen molar-refractivity contribution in [2.75, 3.05) is 13.7 Å². The number of phenols is 1. The number of carbonyl (C=O) groups excluding carboxylic acids is 1. The molecule has 0 aliphatic rings. The molecule has 0 heterocycles. The lowest BCUT2D eigenvalue weighted by Gasteiger charge is -2.07. The number of carbonyl (C=O) groups is 1. The standard InChI is InChI=1S/C20H30O4/c1-4-16(2)9-6-5-7-11-20(22)24-14-8-10-17-12-13-18(21)19(15-17)23-3/h8,10,12-13,15-16,21H,4-7,9,11,14H2,1-3H3/b10-8+. The summed E-state index contributed by atoms with van der Waals surface area (Å²) in [5.74, 6) is 1.16. The quantitative estimate of drug-likeness (QED) is 0.459. The highest BCUT2D eigenvalue weighted by molar-refractivity contribution is 5.69. The van der Waals surface area contributed by atoms with Crippen molar-refractivity contribution in [2.45, 2.75) is 52.4 Å². The molecule has 1 N–H and O–H groups in total. The van der Waals surface area contributed by atoms with Gasteiger partial charge in [0.15, 0.2) is 11.5 Å². The van der Waals surface area contributed by atoms with Crippen LogP contribution in [0.25, 0.3) is 6.08 Å². The van der Waals surface area contributed by atoms with Gasteiger partial charge in [0.2, 0.25) is 0 Å². The minimum atomic E-state index is -0.147. The van der Waals surface area contributed by atoms with E-state index in [0.717, 1.165) is 24.3 Å². The number of esters is 1. The molecule has 1 rings (SSSR count). The maximum Gasteiger partial charge on any atom is 0.306 e. The highest BCUT2D eigenvalue weighted by Crippen LogP contribution is 2.26. The zero-order chi connectivity index (χ0) is 17.8. The van der Waals surface area contributed by atoms with E-state index >= 15 is 0 Å². The Morgan fingerprint density at radius 2 is 2.08 bits per heavy atom. The fourth-order valence-corrected chi connectivity index (χ4v) is 2.34. The van der Waals surface area contributed by atoms with Gasteiger partial charge in [0.05, 0.1) is 7.11 Å². The zero-order valence-corrected chi connectivity index (χ0v) is 15.1. The highest BCUT2D eigenvalue weighted by atomic mass is 16.5. The molecule has 0 aliphatic heterocycles. The number of hydrogen-bond donors (Lipinski definition) is 1. The van der Waals surface area contributed by atoms with Crippen molar-refractivity contribution in [1.29, 1.82) is 0 Å². The number of hydrogen-bond acceptors (Lipinski definition) is 4. The van der Waals surface area contributed by atoms with Gasteiger partial charge < -0.3 is 14.6 Å². The molecule has 0 aliphatic carbocycles. The Labute approximate surface area is 145 Å². The predicted molar refractivity (Wildman–Crippen MR) is 97.2 cm³/mol. The summed E-state index contributed by atoms with van der Waals surface area (Å²) in [7, 11) is 1.51. The fourth-order valence-electron chi connectivity index (χ4n) is 2.34. The summed E-state index contributed by atoms with van der Waals surface area (Å²) in [5, 5.41) is 9.53. The van der Waals surface area contributed by atoms with Crippen molar-refractivity contribution in [1.82, 2.24) is 0 Å². The number of ether oxygens (including phenoxy) is 2. The first-order valence-electron chi connectivity index (χ1n) is 8.76. The molecule has 1 aromatic rings. The molecule has 0 amide bonds. The second-order valence-corrected chi connectivity index (χ2v) is 6.13. The molecule has 4 heteroatoms. The van der Waals surface area contributed by atoms with Gasteiger partial charge in [-0.2, -0.15) is 0 Å². The van der Waals surface area contributed by atoms with Crippen LogP contribution in [-0.4, -0.2) is 24.8 Å². The Bertz CT molecular complexity index is 522. The van der Waals surface area contributed by atoms with E-state index in [-0.39, 0.29) is 18.3 Å². The van der Waals surface area contributed by atoms with Crippen LogP contribution in [0, 0.1) is 5.92 Å². The van der Waals surface area contributed by atoms with Crippen molar-refractivity contribution in [3.8, 4) is 11.5 Å². The van der Waals surface area contributed by atoms with Gasteiger partial charge in [0.1, 0.15) is 6.61 Å². The third-order valence-corrected chi connectivity index (χ3v) is 4.13. The first kappa shape index (κ1) is 20.1. The number of rotatable bonds is 11. The fraction of sp³-hybridized carbons (Fsp3) is 0.550. The van der Waals surface area contributed by atoms with E-state index < -0.39 is 0 Å². The lowest BCUT2D eigenvalue weighted by molar-refractivity contribution is -0.142. The zero-order valence-electron chi connectivity index (χ0n) is 15.1. The van der Waals surface area contributed by atoms with Crippen LogP contribution in [0.1, 0.15) is 57.9 Å². The Kier molecular flexibility index (Phi) is 9.66. The second kappa shape index (κ2) is 11.5. The van der Waals surface area contributed by atoms with Crippen molar-refractivity contribution < 1.29 is 19.4 Å². The average Bonchev–Trinajstić information content (AvgIpc) is 2.59. The molecule has 0 aromatic heterocycles. The summed E-state index contributed by atoms with van der Waals surface area (Å²) >= 11 is 0. The highest BCUT2D eigenvalue weighted by Gasteiger charge is 2.03. The topological polar surface area (TPSA) is 55.8 Å². The van der Waals surface area contributed by atoms with E-state index in [1.165, 1.54) is 26.4 Å². The van der Waals surface area contributed by atoms with Gasteiger partial charge >= 0.3 is 5.97 Å². The lowest BCUT2D eigenvalue weighted by Crippen LogP contribution is -2.04. The van der Waals surface area contributed by atoms with Crippen LogP contribution >= 0.6 is 0 Å². The second-order valence-electron chi connectivity index (χ2n) is 6.13. The number of aromatic hydroxyl groups is 1. The summed E-state index contributed by atoms with van der Waals surface area (Å²) in [6, 6.07) is 5.07. The first-order chi connectivity index (χ1) is 11.6. The van der Waals surface area contributed by atoms with E-state index in [4.69, 9.17) is 9.47 Å². The molecule has 4 nitrogen and oxygen atoms in total. The molecule has 0 bridgehead atoms. The Morgan fingerprint density at radius 3 is 2.79 bits per heavy atom. The molecule has 1 aromatic carbocycles. The molecule has 0 spiro atoms. The first-order valence-corrected chi connectivity index (χ1v) is 8.76. The Hall–Kier alpha value is -1.97. The minimum Gasteiger partial charge on any atom is -0.504 e. The molecular formula is C20H30O4. The third kappa shape index (κ3) is 8.04. The van der Waals surface area contributed by atoms with Crippen LogP contribution in [0.15, 0.2) is 24.3 Å². The van der Waals surface area contributed by atoms with Gasteiger partial charge in [0.25, 0.3) is 0 Å². The van der Waals surface area contributed by atoms with Crippen molar-refractivity contribution in [3.05, 3.63) is 29.8 Å². The summed E-state index contributed by atoms with van der Waals surface area (Å²) in [4.78, 5) is 11.6. The minimum absolute atomic E-state index is 0.106. The van der Waals surface area contributed by atoms with Crippen molar-refractivity contribution in [3.63, 3.8) is 0 Å². The number of phenolic OH excluding ortho intramolecular Hbond substituents is 1. The number of benzene rings is 1. The number of methoxy groups -OCH3 is 1. The van der Waals surface area contributed by atoms with Crippen molar-refractivity contribution >= 4 is 12.0 Å². The summed E-state index contributed by atoms with van der Waals surface area (Å²) in [6.07, 6.45) is 9.74. The van der Waals surface area contributed by atoms with Crippen LogP contribution in [0.4, 0.5) is 0 Å². The van der Waals surface area contributed by atoms with Crippen LogP contribution < -0.4 is 4.74 Å². The van der Waals surface area contributed by atoms with Gasteiger partial charge in [0, 0.05) is 6.42 Å². The van der Waals surface area contributed by atoms with Gasteiger partial charge in [-0.25, -0.2) is 0 Å². The molecule has 0 radical (unpaired) electrons. The predicted octanol–water partition coefficient (Wildman–Crippen LogP) is 4.95. The van der Waals surface area contributed by atoms with E-state index in [2.05, 4.69) is 13.8 Å². The molecule has 0 saturated carbocycles. The van der Waals surface area contributed by atoms with Crippen molar-refractivity contribution in [2.24, 2.45) is 5.92 Å². The smallest absolute Gasteiger partial charge is 0.306 e. The van der Waals surface area contributed by atoms with Gasteiger partial charge in [-0.15, -0.1) is 0 Å². The summed E-state index contributed by atoms with van der Waals surface area (Å²) in [6.45, 7) is 4.74. The van der Waals surface area contributed by atoms with E-state index in [0.29, 0.717) is 12.2 Å². The third-order valence-electron chi connectivity index (χ3n) is 4.13. The Balaban J connectivity index is 2.18. The monoisotopic (exact) mass is 334 g/mol. The largest absolute Gasteiger partial charge is 0.504 e. The van der Waals surface area contributed by atoms with Crippen LogP contribution in [-0.2, 0) is 9.53 Å². The van der Waals surface area contributed by atoms with Crippen LogP contribution in [0.2, 0.25) is 0 Å². The molecule has 24 heavy (non-hydrogen) atoms. The Morgan fingerprint density at radius 1 is 1.29 bits per heavy atom. The van der Waals surface area contributed by atoms with E-state index in [9.17, 15) is 9.90 Å². The van der Waals surface area contributed by atoms with Crippen LogP contribution in [0.5, 0.6) is 11.5 Å². The molecule has 0 fully saturated rings. The maximum absolute atomic E-state index is 11.6. The molecule has 0 saturated heterocycles. The lowest BCUT2D eigenvalue weighted by atomic mass is 10.0. The summed E-state index contributed by atoms with van der Waals surface area (Å²) < 4.78 is 10.2. The normalized spacial score (nSPS) is 12.3. The van der Waals surface area contributed by atoms with E-state index in [1.54, 1.807) is 24.3 Å². The van der Waals surface area contributed by atoms with Crippen LogP contribution in [0.3, 0.4) is 0 Å². The van der Waals surface area contributed by atoms with Gasteiger partial charge in [-0.3, -0.25) is 4.79 Å². The summed E-state index contributed by atoms with van der Waals surface area (Å²) in [5.41, 5.74) is 0.880. The molecule has 1 atom stereocenters. The van der Waals surface area contributed by atoms with E-state index in [1.807, 2.05) is 6.08 Å². The average molecular weight is 334 g/mol. The number of unbranched alkanes of at least 4 members (excludes halogenated alkanes) is 2.